The first-order valence-electron chi connectivity index (χ1n) is 6.89. The molecule has 0 bridgehead atoms. The fourth-order valence-corrected chi connectivity index (χ4v) is 2.82. The van der Waals surface area contributed by atoms with Gasteiger partial charge in [-0.1, -0.05) is 29.5 Å². The van der Waals surface area contributed by atoms with E-state index < -0.39 is 12.0 Å². The van der Waals surface area contributed by atoms with Crippen LogP contribution in [0.1, 0.15) is 17.0 Å². The predicted octanol–water partition coefficient (Wildman–Crippen LogP) is 2.51. The summed E-state index contributed by atoms with van der Waals surface area (Å²) in [6.45, 7) is 0. The van der Waals surface area contributed by atoms with E-state index in [4.69, 9.17) is 10.1 Å². The van der Waals surface area contributed by atoms with Gasteiger partial charge in [-0.15, -0.1) is 10.2 Å². The van der Waals surface area contributed by atoms with E-state index >= 15 is 0 Å². The molecule has 2 heterocycles. The number of hydrogen-bond acceptors (Lipinski definition) is 7. The molecule has 7 nitrogen and oxygen atoms in total. The molecule has 11 heteroatoms. The molecule has 3 rings (SSSR count). The summed E-state index contributed by atoms with van der Waals surface area (Å²) < 4.78 is 39.0. The molecule has 0 aliphatic carbocycles. The lowest BCUT2D eigenvalue weighted by Crippen LogP contribution is -2.27. The summed E-state index contributed by atoms with van der Waals surface area (Å²) >= 11 is 1.06. The van der Waals surface area contributed by atoms with Crippen LogP contribution in [0.5, 0.6) is 0 Å². The van der Waals surface area contributed by atoms with Crippen molar-refractivity contribution in [2.75, 3.05) is 5.88 Å². The normalized spacial score (nSPS) is 14.2. The highest BCUT2D eigenvalue weighted by Gasteiger charge is 2.37. The molecule has 130 valence electrons. The monoisotopic (exact) mass is 368 g/mol. The molecule has 0 radical (unpaired) electrons. The zero-order valence-electron chi connectivity index (χ0n) is 12.8. The summed E-state index contributed by atoms with van der Waals surface area (Å²) in [5, 5.41) is 17.3. The smallest absolute Gasteiger partial charge is 0.387 e. The molecule has 0 amide bonds. The lowest BCUT2D eigenvalue weighted by atomic mass is 10.1. The van der Waals surface area contributed by atoms with Gasteiger partial charge in [-0.2, -0.15) is 18.4 Å². The van der Waals surface area contributed by atoms with Crippen LogP contribution in [-0.2, 0) is 18.1 Å². The number of nitriles is 1. The molecule has 0 fully saturated rings. The van der Waals surface area contributed by atoms with Crippen molar-refractivity contribution in [3.05, 3.63) is 47.4 Å². The minimum absolute atomic E-state index is 0.127. The first kappa shape index (κ1) is 17.1. The predicted molar refractivity (Wildman–Crippen MR) is 81.9 cm³/mol. The number of hydrogen-bond donors (Lipinski definition) is 1. The standard InChI is InChI=1S/C14H11F3N6OS/c1-22-12(14(15,16)17)19-20-13(22)25-8-23-7-11(24-21-23)10-4-2-3-9(5-10)6-18/h2-5,7,21H,8H2,1H3. The average Bonchev–Trinajstić information content (AvgIpc) is 3.19. The van der Waals surface area contributed by atoms with E-state index in [2.05, 4.69) is 15.8 Å². The molecular formula is C14H11F3N6OS. The third-order valence-corrected chi connectivity index (χ3v) is 4.26. The Morgan fingerprint density at radius 2 is 2.16 bits per heavy atom. The Bertz CT molecular complexity index is 857. The highest BCUT2D eigenvalue weighted by molar-refractivity contribution is 7.99. The van der Waals surface area contributed by atoms with Gasteiger partial charge < -0.3 is 9.40 Å². The zero-order valence-corrected chi connectivity index (χ0v) is 13.6. The number of halogens is 3. The summed E-state index contributed by atoms with van der Waals surface area (Å²) in [5.41, 5.74) is 3.83. The molecule has 0 unspecified atom stereocenters. The number of benzene rings is 1. The number of aromatic nitrogens is 3. The molecule has 1 aliphatic heterocycles. The topological polar surface area (TPSA) is 79.0 Å². The van der Waals surface area contributed by atoms with Gasteiger partial charge in [0, 0.05) is 12.6 Å². The van der Waals surface area contributed by atoms with E-state index in [9.17, 15) is 13.2 Å². The van der Waals surface area contributed by atoms with Crippen LogP contribution in [0.3, 0.4) is 0 Å². The second kappa shape index (κ2) is 6.66. The minimum atomic E-state index is -4.55. The Morgan fingerprint density at radius 3 is 2.84 bits per heavy atom. The fraction of sp³-hybridized carbons (Fsp3) is 0.214. The lowest BCUT2D eigenvalue weighted by Gasteiger charge is -2.12. The highest BCUT2D eigenvalue weighted by atomic mass is 32.2. The van der Waals surface area contributed by atoms with Gasteiger partial charge in [0.2, 0.25) is 5.82 Å². The lowest BCUT2D eigenvalue weighted by molar-refractivity contribution is -0.147. The van der Waals surface area contributed by atoms with Gasteiger partial charge in [-0.25, -0.2) is 0 Å². The molecule has 0 atom stereocenters. The number of thioether (sulfide) groups is 1. The Labute approximate surface area is 144 Å². The second-order valence-corrected chi connectivity index (χ2v) is 5.90. The Kier molecular flexibility index (Phi) is 4.56. The maximum atomic E-state index is 12.7. The second-order valence-electron chi connectivity index (χ2n) is 4.99. The molecule has 25 heavy (non-hydrogen) atoms. The van der Waals surface area contributed by atoms with Gasteiger partial charge in [-0.05, 0) is 12.1 Å². The Hall–Kier alpha value is -2.71. The molecule has 1 aliphatic rings. The van der Waals surface area contributed by atoms with Gasteiger partial charge >= 0.3 is 6.18 Å². The van der Waals surface area contributed by atoms with E-state index in [1.54, 1.807) is 35.5 Å². The first-order chi connectivity index (χ1) is 11.9. The van der Waals surface area contributed by atoms with Crippen molar-refractivity contribution in [2.24, 2.45) is 7.05 Å². The SMILES string of the molecule is Cn1c(SCN2C=C(c3cccc(C#N)c3)ON2)nnc1C(F)(F)F. The van der Waals surface area contributed by atoms with Crippen LogP contribution < -0.4 is 5.59 Å². The maximum absolute atomic E-state index is 12.7. The molecule has 0 saturated carbocycles. The number of rotatable bonds is 4. The maximum Gasteiger partial charge on any atom is 0.451 e. The van der Waals surface area contributed by atoms with Crippen molar-refractivity contribution in [3.8, 4) is 6.07 Å². The molecule has 2 aromatic rings. The fourth-order valence-electron chi connectivity index (χ4n) is 2.06. The van der Waals surface area contributed by atoms with E-state index in [1.807, 2.05) is 6.07 Å². The summed E-state index contributed by atoms with van der Waals surface area (Å²) in [4.78, 5) is 5.32. The van der Waals surface area contributed by atoms with Crippen molar-refractivity contribution < 1.29 is 18.0 Å². The number of alkyl halides is 3. The number of nitrogens with one attached hydrogen (secondary N) is 1. The number of hydrazine groups is 1. The van der Waals surface area contributed by atoms with Crippen LogP contribution in [0.4, 0.5) is 13.2 Å². The minimum Gasteiger partial charge on any atom is -0.387 e. The van der Waals surface area contributed by atoms with Gasteiger partial charge in [0.25, 0.3) is 0 Å². The van der Waals surface area contributed by atoms with Gasteiger partial charge in [0.05, 0.1) is 23.7 Å². The third kappa shape index (κ3) is 3.70. The molecule has 0 spiro atoms. The van der Waals surface area contributed by atoms with Gasteiger partial charge in [0.1, 0.15) is 0 Å². The van der Waals surface area contributed by atoms with Crippen LogP contribution in [-0.4, -0.2) is 25.7 Å². The Balaban J connectivity index is 1.66. The summed E-state index contributed by atoms with van der Waals surface area (Å²) in [6.07, 6.45) is -2.90. The first-order valence-corrected chi connectivity index (χ1v) is 7.88. The third-order valence-electron chi connectivity index (χ3n) is 3.24. The summed E-state index contributed by atoms with van der Waals surface area (Å²) in [5.74, 6) is -0.317. The van der Waals surface area contributed by atoms with Crippen molar-refractivity contribution in [1.29, 1.82) is 5.26 Å². The van der Waals surface area contributed by atoms with Crippen LogP contribution in [0, 0.1) is 11.3 Å². The van der Waals surface area contributed by atoms with Crippen LogP contribution in [0.25, 0.3) is 5.76 Å². The largest absolute Gasteiger partial charge is 0.451 e. The zero-order chi connectivity index (χ0) is 18.0. The van der Waals surface area contributed by atoms with Crippen molar-refractivity contribution in [2.45, 2.75) is 11.3 Å². The molecule has 1 aromatic heterocycles. The van der Waals surface area contributed by atoms with Crippen LogP contribution in [0.2, 0.25) is 0 Å². The van der Waals surface area contributed by atoms with E-state index in [-0.39, 0.29) is 11.0 Å². The summed E-state index contributed by atoms with van der Waals surface area (Å²) in [6, 6.07) is 8.89. The molecular weight excluding hydrogens is 357 g/mol. The van der Waals surface area contributed by atoms with E-state index in [1.165, 1.54) is 7.05 Å². The van der Waals surface area contributed by atoms with E-state index in [0.717, 1.165) is 16.3 Å². The van der Waals surface area contributed by atoms with Crippen LogP contribution >= 0.6 is 11.8 Å². The summed E-state index contributed by atoms with van der Waals surface area (Å²) in [7, 11) is 1.26. The van der Waals surface area contributed by atoms with Crippen molar-refractivity contribution in [3.63, 3.8) is 0 Å². The molecule has 0 saturated heterocycles. The van der Waals surface area contributed by atoms with Crippen molar-refractivity contribution >= 4 is 17.5 Å². The average molecular weight is 368 g/mol. The highest BCUT2D eigenvalue weighted by Crippen LogP contribution is 2.30. The van der Waals surface area contributed by atoms with Gasteiger partial charge in [0.15, 0.2) is 10.9 Å². The van der Waals surface area contributed by atoms with E-state index in [0.29, 0.717) is 16.9 Å². The van der Waals surface area contributed by atoms with Gasteiger partial charge in [-0.3, -0.25) is 5.01 Å². The number of nitrogens with zero attached hydrogens (tertiary/aromatic N) is 5. The van der Waals surface area contributed by atoms with Crippen molar-refractivity contribution in [1.82, 2.24) is 25.4 Å². The quantitative estimate of drug-likeness (QED) is 0.831. The Morgan fingerprint density at radius 1 is 1.36 bits per heavy atom. The molecule has 1 aromatic carbocycles. The molecule has 1 N–H and O–H groups in total. The van der Waals surface area contributed by atoms with Crippen LogP contribution in [0.15, 0.2) is 35.6 Å².